The van der Waals surface area contributed by atoms with Crippen LogP contribution in [0.2, 0.25) is 0 Å². The highest BCUT2D eigenvalue weighted by atomic mass is 32.2. The monoisotopic (exact) mass is 422 g/mol. The van der Waals surface area contributed by atoms with E-state index in [-0.39, 0.29) is 23.2 Å². The van der Waals surface area contributed by atoms with Gasteiger partial charge >= 0.3 is 0 Å². The van der Waals surface area contributed by atoms with Crippen molar-refractivity contribution in [2.24, 2.45) is 12.0 Å². The lowest BCUT2D eigenvalue weighted by Crippen LogP contribution is -2.40. The maximum absolute atomic E-state index is 13.6. The molecule has 1 saturated heterocycles. The number of thioether (sulfide) groups is 1. The fraction of sp³-hybridized carbons (Fsp3) is 0.273. The van der Waals surface area contributed by atoms with Crippen molar-refractivity contribution in [3.8, 4) is 5.75 Å². The van der Waals surface area contributed by atoms with Crippen LogP contribution in [0.3, 0.4) is 0 Å². The van der Waals surface area contributed by atoms with E-state index in [4.69, 9.17) is 9.73 Å². The van der Waals surface area contributed by atoms with Crippen LogP contribution in [-0.4, -0.2) is 44.7 Å². The fourth-order valence-electron chi connectivity index (χ4n) is 3.45. The molecule has 0 bridgehead atoms. The molecule has 7 nitrogen and oxygen atoms in total. The average Bonchev–Trinajstić information content (AvgIpc) is 3.18. The van der Waals surface area contributed by atoms with Gasteiger partial charge < -0.3 is 4.74 Å². The van der Waals surface area contributed by atoms with Gasteiger partial charge in [0.15, 0.2) is 10.9 Å². The van der Waals surface area contributed by atoms with Gasteiger partial charge in [0, 0.05) is 24.2 Å². The van der Waals surface area contributed by atoms with Gasteiger partial charge in [-0.2, -0.15) is 5.10 Å². The minimum absolute atomic E-state index is 0.0114. The summed E-state index contributed by atoms with van der Waals surface area (Å²) < 4.78 is 6.42. The Morgan fingerprint density at radius 3 is 2.57 bits per heavy atom. The van der Waals surface area contributed by atoms with Gasteiger partial charge in [-0.15, -0.1) is 0 Å². The van der Waals surface area contributed by atoms with Crippen LogP contribution in [0, 0.1) is 0 Å². The van der Waals surface area contributed by atoms with Crippen molar-refractivity contribution in [3.05, 3.63) is 64.6 Å². The lowest BCUT2D eigenvalue weighted by Gasteiger charge is -2.23. The normalized spacial score (nSPS) is 17.6. The predicted molar refractivity (Wildman–Crippen MR) is 120 cm³/mol. The molecule has 1 fully saturated rings. The summed E-state index contributed by atoms with van der Waals surface area (Å²) in [4.78, 5) is 32.5. The maximum Gasteiger partial charge on any atom is 0.281 e. The third-order valence-corrected chi connectivity index (χ3v) is 6.22. The third-order valence-electron chi connectivity index (χ3n) is 5.12. The molecule has 154 valence electrons. The number of benzene rings is 2. The number of aromatic nitrogens is 2. The zero-order valence-electron chi connectivity index (χ0n) is 17.0. The molecule has 2 heterocycles. The number of amidine groups is 1. The smallest absolute Gasteiger partial charge is 0.281 e. The molecule has 2 aromatic carbocycles. The number of nitrogens with zero attached hydrogens (tertiary/aromatic N) is 4. The number of ether oxygens (including phenoxy) is 1. The molecular formula is C22H22N4O3S. The predicted octanol–water partition coefficient (Wildman–Crippen LogP) is 3.60. The Morgan fingerprint density at radius 2 is 1.90 bits per heavy atom. The zero-order chi connectivity index (χ0) is 21.3. The van der Waals surface area contributed by atoms with Gasteiger partial charge in [0.2, 0.25) is 0 Å². The van der Waals surface area contributed by atoms with Gasteiger partial charge in [0.25, 0.3) is 11.5 Å². The van der Waals surface area contributed by atoms with Crippen molar-refractivity contribution in [2.75, 3.05) is 12.9 Å². The van der Waals surface area contributed by atoms with Crippen molar-refractivity contribution in [3.63, 3.8) is 0 Å². The van der Waals surface area contributed by atoms with E-state index < -0.39 is 0 Å². The van der Waals surface area contributed by atoms with E-state index in [2.05, 4.69) is 5.10 Å². The summed E-state index contributed by atoms with van der Waals surface area (Å²) in [6.07, 6.45) is 0.796. The van der Waals surface area contributed by atoms with Crippen molar-refractivity contribution in [2.45, 2.75) is 19.4 Å². The topological polar surface area (TPSA) is 76.8 Å². The third kappa shape index (κ3) is 3.59. The van der Waals surface area contributed by atoms with E-state index in [1.165, 1.54) is 4.68 Å². The van der Waals surface area contributed by atoms with Crippen molar-refractivity contribution < 1.29 is 9.53 Å². The van der Waals surface area contributed by atoms with E-state index in [1.807, 2.05) is 37.3 Å². The highest BCUT2D eigenvalue weighted by molar-refractivity contribution is 8.14. The summed E-state index contributed by atoms with van der Waals surface area (Å²) in [6.45, 7) is 2.05. The summed E-state index contributed by atoms with van der Waals surface area (Å²) in [5.74, 6) is 1.27. The molecule has 1 aromatic heterocycles. The molecule has 8 heteroatoms. The Balaban J connectivity index is 1.79. The highest BCUT2D eigenvalue weighted by Crippen LogP contribution is 2.31. The zero-order valence-corrected chi connectivity index (χ0v) is 17.8. The molecule has 1 amide bonds. The number of methoxy groups -OCH3 is 1. The molecule has 1 aliphatic heterocycles. The van der Waals surface area contributed by atoms with Crippen LogP contribution in [0.25, 0.3) is 10.8 Å². The van der Waals surface area contributed by atoms with E-state index in [0.29, 0.717) is 15.9 Å². The number of hydrogen-bond acceptors (Lipinski definition) is 6. The second-order valence-corrected chi connectivity index (χ2v) is 7.95. The van der Waals surface area contributed by atoms with Crippen molar-refractivity contribution in [1.29, 1.82) is 0 Å². The van der Waals surface area contributed by atoms with Crippen LogP contribution in [-0.2, 0) is 7.05 Å². The van der Waals surface area contributed by atoms with E-state index in [1.54, 1.807) is 49.0 Å². The summed E-state index contributed by atoms with van der Waals surface area (Å²) in [6, 6.07) is 14.5. The van der Waals surface area contributed by atoms with E-state index >= 15 is 0 Å². The number of aryl methyl sites for hydroxylation is 1. The van der Waals surface area contributed by atoms with Crippen LogP contribution in [0.5, 0.6) is 5.75 Å². The quantitative estimate of drug-likeness (QED) is 0.642. The van der Waals surface area contributed by atoms with Crippen molar-refractivity contribution >= 4 is 39.3 Å². The lowest BCUT2D eigenvalue weighted by atomic mass is 10.1. The lowest BCUT2D eigenvalue weighted by molar-refractivity contribution is 0.0813. The van der Waals surface area contributed by atoms with Gasteiger partial charge in [0.1, 0.15) is 5.75 Å². The second-order valence-electron chi connectivity index (χ2n) is 6.96. The standard InChI is InChI=1S/C22H22N4O3S/c1-4-15-13-30-22(23-14-9-11-16(29-3)12-10-14)26(15)21(28)19-17-7-5-6-8-18(17)20(27)25(2)24-19/h5-12,15H,4,13H2,1-3H3. The minimum Gasteiger partial charge on any atom is -0.497 e. The number of rotatable bonds is 4. The molecule has 1 aliphatic rings. The van der Waals surface area contributed by atoms with Crippen molar-refractivity contribution in [1.82, 2.24) is 14.7 Å². The van der Waals surface area contributed by atoms with Gasteiger partial charge in [-0.3, -0.25) is 14.5 Å². The maximum atomic E-state index is 13.6. The van der Waals surface area contributed by atoms with Gasteiger partial charge in [-0.05, 0) is 36.8 Å². The Bertz CT molecular complexity index is 1190. The largest absolute Gasteiger partial charge is 0.497 e. The molecule has 4 rings (SSSR count). The fourth-order valence-corrected chi connectivity index (χ4v) is 4.72. The Labute approximate surface area is 178 Å². The number of carbonyl (C=O) groups is 1. The van der Waals surface area contributed by atoms with Crippen LogP contribution in [0.1, 0.15) is 23.8 Å². The number of aliphatic imine (C=N–C) groups is 1. The highest BCUT2D eigenvalue weighted by Gasteiger charge is 2.36. The molecule has 0 aliphatic carbocycles. The number of carbonyl (C=O) groups excluding carboxylic acids is 1. The average molecular weight is 423 g/mol. The summed E-state index contributed by atoms with van der Waals surface area (Å²) >= 11 is 1.55. The molecule has 0 saturated carbocycles. The van der Waals surface area contributed by atoms with Crippen LogP contribution in [0.4, 0.5) is 5.69 Å². The van der Waals surface area contributed by atoms with Crippen LogP contribution >= 0.6 is 11.8 Å². The molecular weight excluding hydrogens is 400 g/mol. The first-order valence-corrected chi connectivity index (χ1v) is 10.7. The molecule has 1 unspecified atom stereocenters. The summed E-state index contributed by atoms with van der Waals surface area (Å²) in [7, 11) is 3.18. The molecule has 30 heavy (non-hydrogen) atoms. The van der Waals surface area contributed by atoms with E-state index in [9.17, 15) is 9.59 Å². The van der Waals surface area contributed by atoms with E-state index in [0.717, 1.165) is 23.6 Å². The molecule has 1 atom stereocenters. The van der Waals surface area contributed by atoms with Gasteiger partial charge in [-0.1, -0.05) is 36.9 Å². The first kappa shape index (κ1) is 20.2. The Morgan fingerprint density at radius 1 is 1.20 bits per heavy atom. The number of amides is 1. The molecule has 0 radical (unpaired) electrons. The molecule has 0 N–H and O–H groups in total. The SMILES string of the molecule is CCC1CSC(=Nc2ccc(OC)cc2)N1C(=O)c1nn(C)c(=O)c2ccccc12. The number of fused-ring (bicyclic) bond motifs is 1. The Hall–Kier alpha value is -3.13. The molecule has 3 aromatic rings. The van der Waals surface area contributed by atoms with Crippen LogP contribution < -0.4 is 10.3 Å². The summed E-state index contributed by atoms with van der Waals surface area (Å²) in [5.41, 5.74) is 0.777. The number of hydrogen-bond donors (Lipinski definition) is 0. The van der Waals surface area contributed by atoms with Gasteiger partial charge in [-0.25, -0.2) is 9.67 Å². The summed E-state index contributed by atoms with van der Waals surface area (Å²) in [5, 5.41) is 5.98. The Kier molecular flexibility index (Phi) is 5.59. The minimum atomic E-state index is -0.245. The second kappa shape index (κ2) is 8.31. The molecule has 0 spiro atoms. The first-order valence-electron chi connectivity index (χ1n) is 9.68. The van der Waals surface area contributed by atoms with Crippen LogP contribution in [0.15, 0.2) is 58.3 Å². The first-order chi connectivity index (χ1) is 14.5. The van der Waals surface area contributed by atoms with Gasteiger partial charge in [0.05, 0.1) is 18.2 Å².